The van der Waals surface area contributed by atoms with E-state index < -0.39 is 8.07 Å². The minimum Gasteiger partial charge on any atom is -0.228 e. The Morgan fingerprint density at radius 1 is 0.333 bits per heavy atom. The Balaban J connectivity index is 1.15. The number of aromatic nitrogens is 2. The maximum atomic E-state index is 5.39. The normalized spacial score (nSPS) is 13.1. The molecule has 1 aliphatic heterocycles. The molecular weight excluding hydrogens is 705 g/mol. The Kier molecular flexibility index (Phi) is 6.98. The van der Waals surface area contributed by atoms with E-state index in [-0.39, 0.29) is 0 Å². The lowest BCUT2D eigenvalue weighted by molar-refractivity contribution is 1.23. The predicted octanol–water partition coefficient (Wildman–Crippen LogP) is 10.9. The number of hydrogen-bond donors (Lipinski definition) is 0. The second kappa shape index (κ2) is 12.4. The molecule has 2 nitrogen and oxygen atoms in total. The summed E-state index contributed by atoms with van der Waals surface area (Å²) in [5.41, 5.74) is 6.69. The van der Waals surface area contributed by atoms with E-state index in [1.54, 1.807) is 0 Å². The molecule has 0 N–H and O–H groups in total. The summed E-state index contributed by atoms with van der Waals surface area (Å²) in [7, 11) is -2.67. The lowest BCUT2D eigenvalue weighted by Crippen LogP contribution is -2.72. The number of hydrogen-bond acceptors (Lipinski definition) is 2. The van der Waals surface area contributed by atoms with Crippen LogP contribution in [0.15, 0.2) is 206 Å². The molecule has 0 spiro atoms. The monoisotopic (exact) mass is 738 g/mol. The van der Waals surface area contributed by atoms with Gasteiger partial charge < -0.3 is 0 Å². The zero-order valence-corrected chi connectivity index (χ0v) is 32.0. The molecule has 0 bridgehead atoms. The topological polar surface area (TPSA) is 25.8 Å². The Morgan fingerprint density at radius 2 is 0.912 bits per heavy atom. The van der Waals surface area contributed by atoms with Crippen LogP contribution in [0.2, 0.25) is 0 Å². The van der Waals surface area contributed by atoms with E-state index >= 15 is 0 Å². The Labute approximate surface area is 331 Å². The molecule has 0 radical (unpaired) electrons. The smallest absolute Gasteiger partial charge is 0.180 e. The molecule has 57 heavy (non-hydrogen) atoms. The Bertz CT molecular complexity index is 3360. The first kappa shape index (κ1) is 32.1. The van der Waals surface area contributed by atoms with Gasteiger partial charge in [0.2, 0.25) is 0 Å². The summed E-state index contributed by atoms with van der Waals surface area (Å²) in [4.78, 5) is 10.7. The molecule has 0 amide bonds. The molecule has 2 heterocycles. The molecule has 264 valence electrons. The highest BCUT2D eigenvalue weighted by molar-refractivity contribution is 7.22. The van der Waals surface area contributed by atoms with E-state index in [9.17, 15) is 0 Å². The molecule has 12 rings (SSSR count). The summed E-state index contributed by atoms with van der Waals surface area (Å²) < 4.78 is 0. The van der Waals surface area contributed by atoms with Crippen LogP contribution < -0.4 is 20.7 Å². The molecule has 1 aliphatic rings. The Hall–Kier alpha value is -7.20. The lowest BCUT2D eigenvalue weighted by atomic mass is 9.91. The van der Waals surface area contributed by atoms with Gasteiger partial charge in [0.15, 0.2) is 13.9 Å². The van der Waals surface area contributed by atoms with Crippen LogP contribution in [0.5, 0.6) is 0 Å². The third kappa shape index (κ3) is 4.64. The van der Waals surface area contributed by atoms with Crippen LogP contribution >= 0.6 is 0 Å². The van der Waals surface area contributed by atoms with E-state index in [2.05, 4.69) is 206 Å². The van der Waals surface area contributed by atoms with Crippen LogP contribution in [-0.4, -0.2) is 18.0 Å². The van der Waals surface area contributed by atoms with Crippen molar-refractivity contribution >= 4 is 82.8 Å². The van der Waals surface area contributed by atoms with Gasteiger partial charge in [-0.3, -0.25) is 0 Å². The highest BCUT2D eigenvalue weighted by Crippen LogP contribution is 2.41. The van der Waals surface area contributed by atoms with Gasteiger partial charge in [-0.1, -0.05) is 188 Å². The minimum absolute atomic E-state index is 0.728. The van der Waals surface area contributed by atoms with Crippen molar-refractivity contribution in [3.05, 3.63) is 206 Å². The van der Waals surface area contributed by atoms with Crippen molar-refractivity contribution in [2.24, 2.45) is 0 Å². The molecule has 0 unspecified atom stereocenters. The van der Waals surface area contributed by atoms with Crippen molar-refractivity contribution in [2.75, 3.05) is 0 Å². The van der Waals surface area contributed by atoms with E-state index in [0.29, 0.717) is 0 Å². The van der Waals surface area contributed by atoms with Crippen LogP contribution in [-0.2, 0) is 0 Å². The number of nitrogens with zero attached hydrogens (tertiary/aromatic N) is 2. The third-order valence-corrected chi connectivity index (χ3v) is 17.2. The van der Waals surface area contributed by atoms with Gasteiger partial charge in [0, 0.05) is 16.5 Å². The molecule has 3 heteroatoms. The second-order valence-corrected chi connectivity index (χ2v) is 19.0. The molecule has 0 aliphatic carbocycles. The zero-order valence-electron chi connectivity index (χ0n) is 31.0. The fraction of sp³-hybridized carbons (Fsp3) is 0. The predicted molar refractivity (Wildman–Crippen MR) is 243 cm³/mol. The summed E-state index contributed by atoms with van der Waals surface area (Å²) in [5, 5.41) is 16.7. The van der Waals surface area contributed by atoms with Crippen molar-refractivity contribution in [1.82, 2.24) is 9.97 Å². The van der Waals surface area contributed by atoms with Crippen molar-refractivity contribution in [3.63, 3.8) is 0 Å². The van der Waals surface area contributed by atoms with Crippen molar-refractivity contribution in [1.29, 1.82) is 0 Å². The van der Waals surface area contributed by atoms with Gasteiger partial charge in [-0.15, -0.1) is 0 Å². The largest absolute Gasteiger partial charge is 0.228 e. The molecule has 10 aromatic carbocycles. The minimum atomic E-state index is -2.67. The van der Waals surface area contributed by atoms with Crippen LogP contribution in [0.25, 0.3) is 87.8 Å². The standard InChI is InChI=1S/C54H34N2Si/c1-4-17-36(18-5-1)53-52-40-23-11-10-16-35(40)29-31-49(52)55-54(56-53)37-28-30-43-45(32-37)41-24-12-13-25-42(41)46-33-48-44-26-14-15-27-50(44)57(51(48)34-47(43)46,38-19-6-2-7-20-38)39-21-8-3-9-22-39/h1-34H. The van der Waals surface area contributed by atoms with Gasteiger partial charge in [0.25, 0.3) is 0 Å². The molecule has 0 atom stereocenters. The highest BCUT2D eigenvalue weighted by Gasteiger charge is 2.48. The van der Waals surface area contributed by atoms with E-state index in [1.807, 2.05) is 0 Å². The zero-order chi connectivity index (χ0) is 37.5. The molecular formula is C54H34N2Si. The Morgan fingerprint density at radius 3 is 1.65 bits per heavy atom. The molecule has 0 saturated heterocycles. The van der Waals surface area contributed by atoms with Crippen molar-refractivity contribution in [2.45, 2.75) is 0 Å². The summed E-state index contributed by atoms with van der Waals surface area (Å²) in [6.07, 6.45) is 0. The van der Waals surface area contributed by atoms with Crippen molar-refractivity contribution in [3.8, 4) is 33.8 Å². The quantitative estimate of drug-likeness (QED) is 0.133. The van der Waals surface area contributed by atoms with Crippen LogP contribution in [0.3, 0.4) is 0 Å². The maximum Gasteiger partial charge on any atom is 0.180 e. The summed E-state index contributed by atoms with van der Waals surface area (Å²) in [6, 6.07) is 76.0. The molecule has 11 aromatic rings. The molecule has 0 saturated carbocycles. The van der Waals surface area contributed by atoms with Crippen LogP contribution in [0.4, 0.5) is 0 Å². The highest BCUT2D eigenvalue weighted by atomic mass is 28.3. The molecule has 1 aromatic heterocycles. The van der Waals surface area contributed by atoms with Crippen LogP contribution in [0.1, 0.15) is 0 Å². The van der Waals surface area contributed by atoms with Gasteiger partial charge in [-0.2, -0.15) is 0 Å². The number of benzene rings is 10. The number of fused-ring (bicyclic) bond motifs is 12. The molecule has 0 fully saturated rings. The summed E-state index contributed by atoms with van der Waals surface area (Å²) >= 11 is 0. The van der Waals surface area contributed by atoms with E-state index in [4.69, 9.17) is 9.97 Å². The van der Waals surface area contributed by atoms with E-state index in [0.717, 1.165) is 38.9 Å². The van der Waals surface area contributed by atoms with Gasteiger partial charge in [-0.25, -0.2) is 9.97 Å². The van der Waals surface area contributed by atoms with E-state index in [1.165, 1.54) is 69.6 Å². The van der Waals surface area contributed by atoms with Gasteiger partial charge in [0.05, 0.1) is 11.2 Å². The third-order valence-electron chi connectivity index (χ3n) is 12.3. The first-order valence-corrected chi connectivity index (χ1v) is 21.7. The maximum absolute atomic E-state index is 5.39. The summed E-state index contributed by atoms with van der Waals surface area (Å²) in [6.45, 7) is 0. The average Bonchev–Trinajstić information content (AvgIpc) is 3.59. The first-order valence-electron chi connectivity index (χ1n) is 19.7. The fourth-order valence-corrected chi connectivity index (χ4v) is 15.1. The lowest BCUT2D eigenvalue weighted by Gasteiger charge is -2.31. The average molecular weight is 739 g/mol. The van der Waals surface area contributed by atoms with Gasteiger partial charge >= 0.3 is 0 Å². The van der Waals surface area contributed by atoms with Crippen LogP contribution in [0, 0.1) is 0 Å². The van der Waals surface area contributed by atoms with Crippen molar-refractivity contribution < 1.29 is 0 Å². The fourth-order valence-electron chi connectivity index (χ4n) is 9.86. The summed E-state index contributed by atoms with van der Waals surface area (Å²) in [5.74, 6) is 0.728. The number of rotatable bonds is 4. The van der Waals surface area contributed by atoms with Gasteiger partial charge in [-0.05, 0) is 93.2 Å². The SMILES string of the molecule is c1ccc(-c2nc(-c3ccc4c(c3)c3ccccc3c3cc5c(cc43)[Si](c3ccccc3)(c3ccccc3)c3ccccc3-5)nc3ccc4ccccc4c23)cc1. The first-order chi connectivity index (χ1) is 28.3. The van der Waals surface area contributed by atoms with Gasteiger partial charge in [0.1, 0.15) is 0 Å². The second-order valence-electron chi connectivity index (χ2n) is 15.2.